The van der Waals surface area contributed by atoms with Crippen LogP contribution in [0.4, 0.5) is 16.5 Å². The molecule has 8 nitrogen and oxygen atoms in total. The molecular formula is C23H27N5O3S. The summed E-state index contributed by atoms with van der Waals surface area (Å²) in [6.45, 7) is 9.47. The molecule has 2 amide bonds. The van der Waals surface area contributed by atoms with Gasteiger partial charge in [-0.15, -0.1) is 11.3 Å². The van der Waals surface area contributed by atoms with Gasteiger partial charge in [0, 0.05) is 42.9 Å². The number of benzene rings is 1. The van der Waals surface area contributed by atoms with Crippen molar-refractivity contribution in [2.75, 3.05) is 48.3 Å². The zero-order chi connectivity index (χ0) is 22.5. The molecule has 32 heavy (non-hydrogen) atoms. The number of aryl methyl sites for hydroxylation is 1. The summed E-state index contributed by atoms with van der Waals surface area (Å²) in [5.41, 5.74) is 3.61. The maximum absolute atomic E-state index is 12.5. The van der Waals surface area contributed by atoms with Gasteiger partial charge in [-0.1, -0.05) is 6.92 Å². The maximum Gasteiger partial charge on any atom is 0.293 e. The third-order valence-electron chi connectivity index (χ3n) is 5.53. The molecule has 0 spiro atoms. The third-order valence-corrected chi connectivity index (χ3v) is 6.33. The van der Waals surface area contributed by atoms with Gasteiger partial charge < -0.3 is 19.5 Å². The van der Waals surface area contributed by atoms with E-state index in [-0.39, 0.29) is 24.0 Å². The molecule has 0 aliphatic carbocycles. The minimum atomic E-state index is -0.368. The molecule has 0 saturated carbocycles. The lowest BCUT2D eigenvalue weighted by Gasteiger charge is -2.35. The summed E-state index contributed by atoms with van der Waals surface area (Å²) in [5, 5.41) is 7.85. The molecule has 0 atom stereocenters. The van der Waals surface area contributed by atoms with E-state index in [1.165, 1.54) is 23.3 Å². The van der Waals surface area contributed by atoms with Gasteiger partial charge in [-0.3, -0.25) is 14.9 Å². The van der Waals surface area contributed by atoms with E-state index >= 15 is 0 Å². The molecule has 9 heteroatoms. The molecule has 1 aromatic carbocycles. The summed E-state index contributed by atoms with van der Waals surface area (Å²) in [7, 11) is 0. The van der Waals surface area contributed by atoms with Crippen molar-refractivity contribution in [2.45, 2.75) is 20.3 Å². The minimum Gasteiger partial charge on any atom is -0.459 e. The maximum atomic E-state index is 12.5. The number of thiazole rings is 1. The number of nitrogens with zero attached hydrogens (tertiary/aromatic N) is 3. The number of hydrogen-bond donors (Lipinski definition) is 2. The Morgan fingerprint density at radius 3 is 2.66 bits per heavy atom. The second kappa shape index (κ2) is 9.97. The number of carbonyl (C=O) groups excluding carboxylic acids is 2. The van der Waals surface area contributed by atoms with E-state index in [1.807, 2.05) is 13.0 Å². The minimum absolute atomic E-state index is 0.132. The molecule has 4 rings (SSSR count). The predicted molar refractivity (Wildman–Crippen MR) is 127 cm³/mol. The number of furan rings is 1. The van der Waals surface area contributed by atoms with E-state index < -0.39 is 0 Å². The largest absolute Gasteiger partial charge is 0.459 e. The highest BCUT2D eigenvalue weighted by Gasteiger charge is 2.17. The van der Waals surface area contributed by atoms with Gasteiger partial charge in [0.05, 0.1) is 18.4 Å². The van der Waals surface area contributed by atoms with Gasteiger partial charge in [-0.2, -0.15) is 0 Å². The number of rotatable bonds is 7. The first kappa shape index (κ1) is 22.0. The van der Waals surface area contributed by atoms with Crippen molar-refractivity contribution >= 4 is 39.7 Å². The Labute approximate surface area is 191 Å². The van der Waals surface area contributed by atoms with Crippen LogP contribution in [-0.4, -0.2) is 54.4 Å². The molecule has 1 aliphatic rings. The van der Waals surface area contributed by atoms with Crippen LogP contribution >= 0.6 is 11.3 Å². The molecule has 2 aromatic heterocycles. The van der Waals surface area contributed by atoms with Crippen LogP contribution in [0, 0.1) is 6.92 Å². The number of piperazine rings is 1. The third kappa shape index (κ3) is 5.35. The van der Waals surface area contributed by atoms with Crippen LogP contribution in [0.25, 0.3) is 0 Å². The van der Waals surface area contributed by atoms with E-state index in [2.05, 4.69) is 44.5 Å². The van der Waals surface area contributed by atoms with Crippen LogP contribution in [0.3, 0.4) is 0 Å². The van der Waals surface area contributed by atoms with E-state index in [9.17, 15) is 9.59 Å². The Hall–Kier alpha value is -3.17. The molecule has 1 aliphatic heterocycles. The van der Waals surface area contributed by atoms with Crippen LogP contribution in [-0.2, 0) is 11.2 Å². The number of hydrogen-bond acceptors (Lipinski definition) is 7. The highest BCUT2D eigenvalue weighted by molar-refractivity contribution is 7.14. The lowest BCUT2D eigenvalue weighted by Crippen LogP contribution is -2.46. The Morgan fingerprint density at radius 2 is 1.97 bits per heavy atom. The highest BCUT2D eigenvalue weighted by Crippen LogP contribution is 2.24. The van der Waals surface area contributed by atoms with Gasteiger partial charge >= 0.3 is 0 Å². The lowest BCUT2D eigenvalue weighted by atomic mass is 10.1. The van der Waals surface area contributed by atoms with Crippen LogP contribution in [0.5, 0.6) is 0 Å². The molecule has 3 heterocycles. The first-order chi connectivity index (χ1) is 15.5. The van der Waals surface area contributed by atoms with Gasteiger partial charge in [0.2, 0.25) is 5.91 Å². The van der Waals surface area contributed by atoms with Crippen molar-refractivity contribution in [2.24, 2.45) is 0 Å². The molecular weight excluding hydrogens is 426 g/mol. The SMILES string of the molecule is CCN1CCN(c2ccc(NC(=O)Cc3csc(NC(=O)c4ccco4)n3)c(C)c2)CC1. The number of anilines is 3. The lowest BCUT2D eigenvalue weighted by molar-refractivity contribution is -0.115. The van der Waals surface area contributed by atoms with E-state index in [4.69, 9.17) is 4.42 Å². The zero-order valence-corrected chi connectivity index (χ0v) is 19.1. The molecule has 0 radical (unpaired) electrons. The van der Waals surface area contributed by atoms with E-state index in [0.29, 0.717) is 10.8 Å². The fraction of sp³-hybridized carbons (Fsp3) is 0.348. The fourth-order valence-electron chi connectivity index (χ4n) is 3.68. The molecule has 3 aromatic rings. The topological polar surface area (TPSA) is 90.7 Å². The van der Waals surface area contributed by atoms with Crippen LogP contribution in [0.1, 0.15) is 28.7 Å². The summed E-state index contributed by atoms with van der Waals surface area (Å²) in [5.74, 6) is -0.301. The molecule has 168 valence electrons. The summed E-state index contributed by atoms with van der Waals surface area (Å²) in [4.78, 5) is 33.7. The average molecular weight is 454 g/mol. The van der Waals surface area contributed by atoms with Gasteiger partial charge in [0.1, 0.15) is 0 Å². The number of nitrogens with one attached hydrogen (secondary N) is 2. The van der Waals surface area contributed by atoms with E-state index in [0.717, 1.165) is 44.0 Å². The molecule has 0 unspecified atom stereocenters. The zero-order valence-electron chi connectivity index (χ0n) is 18.3. The summed E-state index contributed by atoms with van der Waals surface area (Å²) in [6.07, 6.45) is 1.57. The number of likely N-dealkylation sites (N-methyl/N-ethyl adjacent to an activating group) is 1. The Morgan fingerprint density at radius 1 is 1.16 bits per heavy atom. The Kier molecular flexibility index (Phi) is 6.87. The summed E-state index contributed by atoms with van der Waals surface area (Å²) < 4.78 is 5.07. The van der Waals surface area contributed by atoms with Crippen LogP contribution in [0.15, 0.2) is 46.4 Å². The Bertz CT molecular complexity index is 1070. The van der Waals surface area contributed by atoms with Gasteiger partial charge in [-0.05, 0) is 49.4 Å². The molecule has 1 fully saturated rings. The van der Waals surface area contributed by atoms with Crippen molar-refractivity contribution in [3.63, 3.8) is 0 Å². The second-order valence-corrected chi connectivity index (χ2v) is 8.58. The second-order valence-electron chi connectivity index (χ2n) is 7.72. The summed E-state index contributed by atoms with van der Waals surface area (Å²) >= 11 is 1.27. The van der Waals surface area contributed by atoms with Crippen molar-refractivity contribution in [3.8, 4) is 0 Å². The molecule has 0 bridgehead atoms. The van der Waals surface area contributed by atoms with Crippen molar-refractivity contribution < 1.29 is 14.0 Å². The van der Waals surface area contributed by atoms with Crippen LogP contribution < -0.4 is 15.5 Å². The monoisotopic (exact) mass is 453 g/mol. The predicted octanol–water partition coefficient (Wildman–Crippen LogP) is 3.62. The first-order valence-corrected chi connectivity index (χ1v) is 11.6. The number of carbonyl (C=O) groups is 2. The normalized spacial score (nSPS) is 14.4. The Balaban J connectivity index is 1.31. The first-order valence-electron chi connectivity index (χ1n) is 10.7. The quantitative estimate of drug-likeness (QED) is 0.568. The van der Waals surface area contributed by atoms with Crippen LogP contribution in [0.2, 0.25) is 0 Å². The standard InChI is InChI=1S/C23H27N5O3S/c1-3-27-8-10-28(11-9-27)18-6-7-19(16(2)13-18)25-21(29)14-17-15-32-23(24-17)26-22(30)20-5-4-12-31-20/h4-7,12-13,15H,3,8-11,14H2,1-2H3,(H,25,29)(H,24,26,30). The highest BCUT2D eigenvalue weighted by atomic mass is 32.1. The fourth-order valence-corrected chi connectivity index (χ4v) is 4.38. The van der Waals surface area contributed by atoms with Gasteiger partial charge in [0.15, 0.2) is 10.9 Å². The number of amides is 2. The molecule has 1 saturated heterocycles. The van der Waals surface area contributed by atoms with Crippen molar-refractivity contribution in [1.29, 1.82) is 0 Å². The summed E-state index contributed by atoms with van der Waals surface area (Å²) in [6, 6.07) is 9.38. The van der Waals surface area contributed by atoms with Gasteiger partial charge in [-0.25, -0.2) is 4.98 Å². The number of aromatic nitrogens is 1. The smallest absolute Gasteiger partial charge is 0.293 e. The van der Waals surface area contributed by atoms with Crippen molar-refractivity contribution in [3.05, 3.63) is 59.0 Å². The van der Waals surface area contributed by atoms with E-state index in [1.54, 1.807) is 17.5 Å². The molecule has 2 N–H and O–H groups in total. The van der Waals surface area contributed by atoms with Crippen molar-refractivity contribution in [1.82, 2.24) is 9.88 Å². The van der Waals surface area contributed by atoms with Gasteiger partial charge in [0.25, 0.3) is 5.91 Å². The average Bonchev–Trinajstić information content (AvgIpc) is 3.48.